The van der Waals surface area contributed by atoms with Crippen LogP contribution in [0.15, 0.2) is 29.1 Å². The summed E-state index contributed by atoms with van der Waals surface area (Å²) in [4.78, 5) is 29.2. The van der Waals surface area contributed by atoms with Gasteiger partial charge < -0.3 is 9.84 Å². The molecule has 1 aliphatic rings. The van der Waals surface area contributed by atoms with E-state index in [0.29, 0.717) is 17.4 Å². The largest absolute Gasteiger partial charge is 0.467 e. The van der Waals surface area contributed by atoms with Crippen LogP contribution in [0.25, 0.3) is 10.9 Å². The van der Waals surface area contributed by atoms with Crippen LogP contribution >= 0.6 is 0 Å². The van der Waals surface area contributed by atoms with Gasteiger partial charge in [-0.2, -0.15) is 0 Å². The standard InChI is InChI=1S/C17H21N3O4/c1-17(2,3)13(21)14-18-11-8-6-5-7-10(11)15(22)20(14)19-9-12(19)16(23)24-4/h5-8,12-13,21H,9H2,1-4H3/t12-,13-,19?/m1/s1. The van der Waals surface area contributed by atoms with Gasteiger partial charge in [0.05, 0.1) is 24.6 Å². The number of nitrogens with zero attached hydrogens (tertiary/aromatic N) is 3. The molecule has 0 unspecified atom stereocenters. The molecule has 0 spiro atoms. The minimum Gasteiger partial charge on any atom is -0.467 e. The van der Waals surface area contributed by atoms with Gasteiger partial charge in [-0.15, -0.1) is 0 Å². The van der Waals surface area contributed by atoms with E-state index < -0.39 is 23.5 Å². The Kier molecular flexibility index (Phi) is 3.83. The van der Waals surface area contributed by atoms with Gasteiger partial charge in [0, 0.05) is 0 Å². The number of carbonyl (C=O) groups is 1. The fourth-order valence-electron chi connectivity index (χ4n) is 2.64. The number of esters is 1. The third-order valence-corrected chi connectivity index (χ3v) is 4.16. The molecule has 0 saturated carbocycles. The van der Waals surface area contributed by atoms with Gasteiger partial charge in [-0.05, 0) is 17.5 Å². The summed E-state index contributed by atoms with van der Waals surface area (Å²) in [6, 6.07) is 6.45. The highest BCUT2D eigenvalue weighted by molar-refractivity contribution is 5.83. The zero-order chi connectivity index (χ0) is 17.6. The SMILES string of the molecule is COC(=O)[C@H]1CN1n1c([C@@H](O)C(C)(C)C)nc2ccccc2c1=O. The first-order chi connectivity index (χ1) is 11.3. The van der Waals surface area contributed by atoms with Crippen LogP contribution in [-0.4, -0.2) is 40.4 Å². The first-order valence-electron chi connectivity index (χ1n) is 7.80. The number of fused-ring (bicyclic) bond motifs is 1. The van der Waals surface area contributed by atoms with Gasteiger partial charge >= 0.3 is 5.97 Å². The molecular formula is C17H21N3O4. The molecule has 1 aromatic heterocycles. The first-order valence-corrected chi connectivity index (χ1v) is 7.80. The second-order valence-corrected chi connectivity index (χ2v) is 7.03. The maximum absolute atomic E-state index is 12.9. The van der Waals surface area contributed by atoms with Crippen molar-refractivity contribution < 1.29 is 14.6 Å². The van der Waals surface area contributed by atoms with Gasteiger partial charge in [-0.1, -0.05) is 32.9 Å². The summed E-state index contributed by atoms with van der Waals surface area (Å²) in [7, 11) is 1.31. The van der Waals surface area contributed by atoms with Crippen LogP contribution in [-0.2, 0) is 9.53 Å². The van der Waals surface area contributed by atoms with Gasteiger partial charge in [0.1, 0.15) is 6.10 Å². The van der Waals surface area contributed by atoms with Crippen LogP contribution in [0.5, 0.6) is 0 Å². The van der Waals surface area contributed by atoms with Crippen LogP contribution in [0, 0.1) is 5.41 Å². The van der Waals surface area contributed by atoms with Crippen molar-refractivity contribution in [2.75, 3.05) is 18.7 Å². The molecule has 0 radical (unpaired) electrons. The highest BCUT2D eigenvalue weighted by Crippen LogP contribution is 2.33. The summed E-state index contributed by atoms with van der Waals surface area (Å²) in [5, 5.41) is 12.7. The Balaban J connectivity index is 2.20. The monoisotopic (exact) mass is 331 g/mol. The van der Waals surface area contributed by atoms with E-state index in [2.05, 4.69) is 4.98 Å². The second-order valence-electron chi connectivity index (χ2n) is 7.03. The highest BCUT2D eigenvalue weighted by atomic mass is 16.5. The fourth-order valence-corrected chi connectivity index (χ4v) is 2.64. The Hall–Kier alpha value is -2.41. The van der Waals surface area contributed by atoms with E-state index in [1.165, 1.54) is 11.8 Å². The third-order valence-electron chi connectivity index (χ3n) is 4.16. The fraction of sp³-hybridized carbons (Fsp3) is 0.471. The van der Waals surface area contributed by atoms with Crippen LogP contribution < -0.4 is 10.6 Å². The van der Waals surface area contributed by atoms with Crippen molar-refractivity contribution in [2.45, 2.75) is 32.9 Å². The van der Waals surface area contributed by atoms with Gasteiger partial charge in [0.2, 0.25) is 0 Å². The first kappa shape index (κ1) is 16.4. The molecule has 24 heavy (non-hydrogen) atoms. The van der Waals surface area contributed by atoms with Crippen LogP contribution in [0.2, 0.25) is 0 Å². The van der Waals surface area contributed by atoms with Crippen molar-refractivity contribution in [2.24, 2.45) is 5.41 Å². The van der Waals surface area contributed by atoms with E-state index in [0.717, 1.165) is 0 Å². The number of methoxy groups -OCH3 is 1. The summed E-state index contributed by atoms with van der Waals surface area (Å²) in [5.41, 5.74) is -0.292. The van der Waals surface area contributed by atoms with E-state index >= 15 is 0 Å². The van der Waals surface area contributed by atoms with Crippen LogP contribution in [0.4, 0.5) is 0 Å². The molecule has 2 aromatic rings. The maximum atomic E-state index is 12.9. The van der Waals surface area contributed by atoms with E-state index in [-0.39, 0.29) is 11.4 Å². The van der Waals surface area contributed by atoms with Crippen LogP contribution in [0.3, 0.4) is 0 Å². The average molecular weight is 331 g/mol. The molecule has 0 bridgehead atoms. The lowest BCUT2D eigenvalue weighted by Crippen LogP contribution is -2.38. The normalized spacial score (nSPS) is 18.5. The summed E-state index contributed by atoms with van der Waals surface area (Å²) >= 11 is 0. The number of rotatable bonds is 3. The molecular weight excluding hydrogens is 310 g/mol. The Morgan fingerprint density at radius 1 is 1.38 bits per heavy atom. The number of para-hydroxylation sites is 1. The number of hydrogen-bond acceptors (Lipinski definition) is 6. The number of aliphatic hydroxyl groups is 1. The molecule has 1 N–H and O–H groups in total. The number of aliphatic hydroxyl groups excluding tert-OH is 1. The number of hydrogen-bond donors (Lipinski definition) is 1. The molecule has 2 heterocycles. The van der Waals surface area contributed by atoms with Crippen molar-refractivity contribution in [3.05, 3.63) is 40.4 Å². The van der Waals surface area contributed by atoms with E-state index in [4.69, 9.17) is 4.74 Å². The van der Waals surface area contributed by atoms with Gasteiger partial charge in [0.15, 0.2) is 11.9 Å². The third kappa shape index (κ3) is 2.65. The predicted molar refractivity (Wildman–Crippen MR) is 89.3 cm³/mol. The van der Waals surface area contributed by atoms with Crippen molar-refractivity contribution in [3.63, 3.8) is 0 Å². The summed E-state index contributed by atoms with van der Waals surface area (Å²) < 4.78 is 6.06. The van der Waals surface area contributed by atoms with Gasteiger partial charge in [0.25, 0.3) is 5.56 Å². The highest BCUT2D eigenvalue weighted by Gasteiger charge is 2.45. The molecule has 128 valence electrons. The number of benzene rings is 1. The van der Waals surface area contributed by atoms with Crippen LogP contribution in [0.1, 0.15) is 32.7 Å². The van der Waals surface area contributed by atoms with E-state index in [1.54, 1.807) is 29.3 Å². The smallest absolute Gasteiger partial charge is 0.332 e. The molecule has 0 aliphatic carbocycles. The zero-order valence-corrected chi connectivity index (χ0v) is 14.2. The van der Waals surface area contributed by atoms with Gasteiger partial charge in [-0.3, -0.25) is 9.80 Å². The topological polar surface area (TPSA) is 84.4 Å². The number of carbonyl (C=O) groups excluding carboxylic acids is 1. The second kappa shape index (κ2) is 5.59. The molecule has 7 heteroatoms. The summed E-state index contributed by atoms with van der Waals surface area (Å²) in [6.45, 7) is 5.95. The lowest BCUT2D eigenvalue weighted by Gasteiger charge is -2.28. The molecule has 0 amide bonds. The summed E-state index contributed by atoms with van der Waals surface area (Å²) in [5.74, 6) is -0.177. The van der Waals surface area contributed by atoms with E-state index in [9.17, 15) is 14.7 Å². The molecule has 2 atom stereocenters. The Bertz CT molecular complexity index is 853. The Morgan fingerprint density at radius 3 is 2.67 bits per heavy atom. The predicted octanol–water partition coefficient (Wildman–Crippen LogP) is 0.969. The zero-order valence-electron chi connectivity index (χ0n) is 14.2. The molecule has 1 saturated heterocycles. The molecule has 3 rings (SSSR count). The minimum absolute atomic E-state index is 0.234. The molecule has 1 aliphatic heterocycles. The Morgan fingerprint density at radius 2 is 2.04 bits per heavy atom. The quantitative estimate of drug-likeness (QED) is 0.666. The van der Waals surface area contributed by atoms with E-state index in [1.807, 2.05) is 20.8 Å². The lowest BCUT2D eigenvalue weighted by atomic mass is 9.88. The van der Waals surface area contributed by atoms with Crippen molar-refractivity contribution in [1.29, 1.82) is 0 Å². The maximum Gasteiger partial charge on any atom is 0.332 e. The van der Waals surface area contributed by atoms with Gasteiger partial charge in [-0.25, -0.2) is 14.5 Å². The average Bonchev–Trinajstić information content (AvgIpc) is 3.32. The van der Waals surface area contributed by atoms with Crippen molar-refractivity contribution in [1.82, 2.24) is 9.66 Å². The number of ether oxygens (including phenoxy) is 1. The molecule has 1 aromatic carbocycles. The number of aromatic nitrogens is 2. The van der Waals surface area contributed by atoms with Crippen molar-refractivity contribution >= 4 is 16.9 Å². The summed E-state index contributed by atoms with van der Waals surface area (Å²) in [6.07, 6.45) is -0.964. The lowest BCUT2D eigenvalue weighted by molar-refractivity contribution is -0.139. The molecule has 7 nitrogen and oxygen atoms in total. The molecule has 1 fully saturated rings. The van der Waals surface area contributed by atoms with Crippen molar-refractivity contribution in [3.8, 4) is 0 Å². The Labute approximate surface area is 139 Å². The minimum atomic E-state index is -0.964.